The SMILES string of the molecule is CC(C)Cc1ccc(S(=O)(=O)N(CCC(=O)N2CCNCC2)CC(C)c2ccccc2)cc1.O=C(O)C(F)(F)F. The van der Waals surface area contributed by atoms with Crippen LogP contribution in [-0.2, 0) is 26.0 Å². The summed E-state index contributed by atoms with van der Waals surface area (Å²) in [6, 6.07) is 17.1. The number of carboxylic acids is 1. The Morgan fingerprint density at radius 1 is 1.00 bits per heavy atom. The molecule has 0 aliphatic carbocycles. The molecule has 1 fully saturated rings. The molecule has 40 heavy (non-hydrogen) atoms. The summed E-state index contributed by atoms with van der Waals surface area (Å²) >= 11 is 0. The topological polar surface area (TPSA) is 107 Å². The van der Waals surface area contributed by atoms with Crippen LogP contribution in [0.5, 0.6) is 0 Å². The fourth-order valence-electron chi connectivity index (χ4n) is 4.21. The summed E-state index contributed by atoms with van der Waals surface area (Å²) in [7, 11) is -3.73. The summed E-state index contributed by atoms with van der Waals surface area (Å²) in [4.78, 5) is 23.7. The summed E-state index contributed by atoms with van der Waals surface area (Å²) in [5, 5.41) is 10.4. The molecule has 3 rings (SSSR count). The molecule has 1 heterocycles. The number of aliphatic carboxylic acids is 1. The van der Waals surface area contributed by atoms with E-state index in [1.165, 1.54) is 4.31 Å². The predicted octanol–water partition coefficient (Wildman–Crippen LogP) is 4.13. The lowest BCUT2D eigenvalue weighted by Crippen LogP contribution is -2.47. The number of rotatable bonds is 10. The first-order chi connectivity index (χ1) is 18.7. The molecule has 1 aliphatic heterocycles. The summed E-state index contributed by atoms with van der Waals surface area (Å²) in [6.07, 6.45) is -3.99. The molecular formula is C28H38F3N3O5S. The van der Waals surface area contributed by atoms with E-state index >= 15 is 0 Å². The molecule has 0 spiro atoms. The first-order valence-electron chi connectivity index (χ1n) is 13.1. The summed E-state index contributed by atoms with van der Waals surface area (Å²) in [5.41, 5.74) is 2.21. The van der Waals surface area contributed by atoms with Crippen LogP contribution < -0.4 is 5.32 Å². The number of carboxylic acid groups (broad SMARTS) is 1. The lowest BCUT2D eigenvalue weighted by molar-refractivity contribution is -0.192. The van der Waals surface area contributed by atoms with Crippen LogP contribution in [0.1, 0.15) is 44.2 Å². The smallest absolute Gasteiger partial charge is 0.475 e. The van der Waals surface area contributed by atoms with Gasteiger partial charge in [0.15, 0.2) is 0 Å². The molecule has 1 atom stereocenters. The van der Waals surface area contributed by atoms with Crippen molar-refractivity contribution in [1.82, 2.24) is 14.5 Å². The highest BCUT2D eigenvalue weighted by Crippen LogP contribution is 2.23. The Hall–Kier alpha value is -2.96. The van der Waals surface area contributed by atoms with Gasteiger partial charge in [-0.1, -0.05) is 63.2 Å². The second-order valence-corrected chi connectivity index (χ2v) is 12.0. The second kappa shape index (κ2) is 15.2. The number of alkyl halides is 3. The first-order valence-corrected chi connectivity index (χ1v) is 14.6. The third kappa shape index (κ3) is 10.5. The van der Waals surface area contributed by atoms with E-state index in [0.29, 0.717) is 25.6 Å². The van der Waals surface area contributed by atoms with Crippen LogP contribution in [0.3, 0.4) is 0 Å². The Bertz CT molecular complexity index is 1180. The molecule has 8 nitrogen and oxygen atoms in total. The lowest BCUT2D eigenvalue weighted by Gasteiger charge is -2.29. The first kappa shape index (κ1) is 33.2. The summed E-state index contributed by atoms with van der Waals surface area (Å²) in [6.45, 7) is 9.72. The van der Waals surface area contributed by atoms with E-state index in [9.17, 15) is 26.4 Å². The van der Waals surface area contributed by atoms with Gasteiger partial charge < -0.3 is 15.3 Å². The number of halogens is 3. The number of carbonyl (C=O) groups is 2. The van der Waals surface area contributed by atoms with Crippen molar-refractivity contribution < 1.29 is 36.3 Å². The summed E-state index contributed by atoms with van der Waals surface area (Å²) in [5.74, 6) is -2.23. The molecule has 2 N–H and O–H groups in total. The minimum Gasteiger partial charge on any atom is -0.475 e. The zero-order chi connectivity index (χ0) is 29.9. The van der Waals surface area contributed by atoms with Gasteiger partial charge in [-0.05, 0) is 41.5 Å². The van der Waals surface area contributed by atoms with Crippen molar-refractivity contribution in [3.05, 3.63) is 65.7 Å². The van der Waals surface area contributed by atoms with E-state index in [0.717, 1.165) is 30.6 Å². The van der Waals surface area contributed by atoms with Crippen molar-refractivity contribution in [2.75, 3.05) is 39.3 Å². The van der Waals surface area contributed by atoms with Gasteiger partial charge in [-0.25, -0.2) is 13.2 Å². The van der Waals surface area contributed by atoms with Crippen LogP contribution in [0, 0.1) is 5.92 Å². The fraction of sp³-hybridized carbons (Fsp3) is 0.500. The number of benzene rings is 2. The van der Waals surface area contributed by atoms with Gasteiger partial charge in [0.25, 0.3) is 0 Å². The van der Waals surface area contributed by atoms with Gasteiger partial charge in [-0.3, -0.25) is 4.79 Å². The average Bonchev–Trinajstić information content (AvgIpc) is 2.91. The molecule has 1 saturated heterocycles. The van der Waals surface area contributed by atoms with Crippen molar-refractivity contribution >= 4 is 21.9 Å². The maximum Gasteiger partial charge on any atom is 0.490 e. The fourth-order valence-corrected chi connectivity index (χ4v) is 5.74. The maximum absolute atomic E-state index is 13.6. The molecule has 0 radical (unpaired) electrons. The molecule has 1 amide bonds. The van der Waals surface area contributed by atoms with Gasteiger partial charge in [0.05, 0.1) is 4.90 Å². The van der Waals surface area contributed by atoms with E-state index in [-0.39, 0.29) is 29.7 Å². The van der Waals surface area contributed by atoms with Crippen LogP contribution >= 0.6 is 0 Å². The van der Waals surface area contributed by atoms with Crippen LogP contribution in [0.4, 0.5) is 13.2 Å². The molecule has 12 heteroatoms. The minimum absolute atomic E-state index is 0.00970. The molecule has 1 aliphatic rings. The van der Waals surface area contributed by atoms with E-state index in [4.69, 9.17) is 9.90 Å². The number of nitrogens with one attached hydrogen (secondary N) is 1. The molecule has 0 aromatic heterocycles. The Labute approximate surface area is 234 Å². The summed E-state index contributed by atoms with van der Waals surface area (Å²) < 4.78 is 60.4. The minimum atomic E-state index is -5.08. The van der Waals surface area contributed by atoms with Crippen LogP contribution in [0.25, 0.3) is 0 Å². The van der Waals surface area contributed by atoms with E-state index in [2.05, 4.69) is 19.2 Å². The highest BCUT2D eigenvalue weighted by Gasteiger charge is 2.38. The van der Waals surface area contributed by atoms with Gasteiger partial charge in [0.1, 0.15) is 0 Å². The van der Waals surface area contributed by atoms with Crippen molar-refractivity contribution in [3.63, 3.8) is 0 Å². The average molecular weight is 586 g/mol. The maximum atomic E-state index is 13.6. The molecule has 0 saturated carbocycles. The number of piperazine rings is 1. The van der Waals surface area contributed by atoms with Crippen molar-refractivity contribution in [3.8, 4) is 0 Å². The molecular weight excluding hydrogens is 547 g/mol. The van der Waals surface area contributed by atoms with Crippen LogP contribution in [0.2, 0.25) is 0 Å². The Morgan fingerprint density at radius 2 is 1.55 bits per heavy atom. The van der Waals surface area contributed by atoms with Crippen molar-refractivity contribution in [2.24, 2.45) is 5.92 Å². The van der Waals surface area contributed by atoms with Crippen LogP contribution in [-0.4, -0.2) is 80.1 Å². The second-order valence-electron chi connectivity index (χ2n) is 10.1. The largest absolute Gasteiger partial charge is 0.490 e. The number of amides is 1. The van der Waals surface area contributed by atoms with Crippen molar-refractivity contribution in [1.29, 1.82) is 0 Å². The molecule has 2 aromatic rings. The zero-order valence-electron chi connectivity index (χ0n) is 23.0. The number of sulfonamides is 1. The third-order valence-corrected chi connectivity index (χ3v) is 8.22. The predicted molar refractivity (Wildman–Crippen MR) is 146 cm³/mol. The molecule has 222 valence electrons. The van der Waals surface area contributed by atoms with E-state index < -0.39 is 22.2 Å². The van der Waals surface area contributed by atoms with Crippen LogP contribution in [0.15, 0.2) is 59.5 Å². The van der Waals surface area contributed by atoms with Gasteiger partial charge in [-0.2, -0.15) is 17.5 Å². The molecule has 1 unspecified atom stereocenters. The highest BCUT2D eigenvalue weighted by molar-refractivity contribution is 7.89. The monoisotopic (exact) mass is 585 g/mol. The number of hydrogen-bond donors (Lipinski definition) is 2. The van der Waals surface area contributed by atoms with E-state index in [1.54, 1.807) is 12.1 Å². The van der Waals surface area contributed by atoms with E-state index in [1.807, 2.05) is 54.3 Å². The lowest BCUT2D eigenvalue weighted by atomic mass is 10.0. The zero-order valence-corrected chi connectivity index (χ0v) is 23.8. The number of nitrogens with zero attached hydrogens (tertiary/aromatic N) is 2. The quantitative estimate of drug-likeness (QED) is 0.434. The standard InChI is InChI=1S/C26H37N3O3S.C2HF3O2/c1-21(2)19-23-9-11-25(12-10-23)33(31,32)29(20-22(3)24-7-5-4-6-8-24)16-13-26(30)28-17-14-27-15-18-28;3-2(4,5)1(6)7/h4-12,21-22,27H,13-20H2,1-3H3;(H,6,7). The number of carbonyl (C=O) groups excluding carboxylic acids is 1. The Kier molecular flexibility index (Phi) is 12.6. The highest BCUT2D eigenvalue weighted by atomic mass is 32.2. The number of hydrogen-bond acceptors (Lipinski definition) is 5. The van der Waals surface area contributed by atoms with Gasteiger partial charge >= 0.3 is 12.1 Å². The molecule has 0 bridgehead atoms. The third-order valence-electron chi connectivity index (χ3n) is 6.34. The Balaban J connectivity index is 0.000000708. The Morgan fingerprint density at radius 3 is 2.05 bits per heavy atom. The van der Waals surface area contributed by atoms with Gasteiger partial charge in [0.2, 0.25) is 15.9 Å². The van der Waals surface area contributed by atoms with Gasteiger partial charge in [-0.15, -0.1) is 0 Å². The molecule has 2 aromatic carbocycles. The van der Waals surface area contributed by atoms with Crippen molar-refractivity contribution in [2.45, 2.75) is 50.6 Å². The normalized spacial score (nSPS) is 14.9. The van der Waals surface area contributed by atoms with Gasteiger partial charge in [0, 0.05) is 45.7 Å².